The molecule has 206 valence electrons. The number of aldehydes is 1. The Labute approximate surface area is 233 Å². The number of carbonyl (C=O) groups is 4. The normalized spacial score (nSPS) is 11.2. The molecule has 8 heteroatoms. The summed E-state index contributed by atoms with van der Waals surface area (Å²) in [5.41, 5.74) is 8.63. The number of hydrogen-bond acceptors (Lipinski definition) is 5. The molecule has 0 saturated heterocycles. The summed E-state index contributed by atoms with van der Waals surface area (Å²) in [6.07, 6.45) is 2.12. The second kappa shape index (κ2) is 15.2. The van der Waals surface area contributed by atoms with Gasteiger partial charge in [-0.05, 0) is 62.4 Å². The molecule has 5 N–H and O–H groups in total. The van der Waals surface area contributed by atoms with Gasteiger partial charge in [0.15, 0.2) is 0 Å². The Hall–Kier alpha value is -5.24. The van der Waals surface area contributed by atoms with E-state index in [0.717, 1.165) is 5.56 Å². The van der Waals surface area contributed by atoms with Crippen LogP contribution in [0.3, 0.4) is 0 Å². The molecular formula is C32H33N3O5. The zero-order chi connectivity index (χ0) is 29.7. The fraction of sp³-hybridized carbons (Fsp3) is 0.125. The van der Waals surface area contributed by atoms with Crippen LogP contribution in [0.5, 0.6) is 5.75 Å². The standard InChI is InChI=1S/C26H27N3O4.C6H6O/c1-16-5-9-22(10-6-16)29-26(33)20-7-11-23(12-8-20)28-25(32)19(4)21(15-30)14-17(2)13-18(3)24(27)31;7-6-4-2-1-3-5-6/h5-12,14-15,19H,2-3,13H2,1,4H3,(H2,27,31)(H,28,32)(H,29,33);1-5,7H/b21-14-;. The Bertz CT molecular complexity index is 1390. The maximum atomic E-state index is 12.6. The molecule has 0 radical (unpaired) electrons. The van der Waals surface area contributed by atoms with Crippen molar-refractivity contribution < 1.29 is 24.3 Å². The molecule has 0 aromatic heterocycles. The van der Waals surface area contributed by atoms with Crippen LogP contribution in [0, 0.1) is 12.8 Å². The van der Waals surface area contributed by atoms with Crippen LogP contribution in [0.4, 0.5) is 11.4 Å². The van der Waals surface area contributed by atoms with Crippen LogP contribution in [0.2, 0.25) is 0 Å². The quantitative estimate of drug-likeness (QED) is 0.157. The number of phenols is 1. The Morgan fingerprint density at radius 3 is 1.95 bits per heavy atom. The molecule has 40 heavy (non-hydrogen) atoms. The summed E-state index contributed by atoms with van der Waals surface area (Å²) in [7, 11) is 0. The predicted octanol–water partition coefficient (Wildman–Crippen LogP) is 5.33. The van der Waals surface area contributed by atoms with Gasteiger partial charge < -0.3 is 21.5 Å². The highest BCUT2D eigenvalue weighted by molar-refractivity contribution is 6.05. The average Bonchev–Trinajstić information content (AvgIpc) is 2.93. The van der Waals surface area contributed by atoms with E-state index in [1.807, 2.05) is 37.3 Å². The Balaban J connectivity index is 0.000000693. The monoisotopic (exact) mass is 539 g/mol. The first-order valence-electron chi connectivity index (χ1n) is 12.3. The molecule has 1 unspecified atom stereocenters. The number of allylic oxidation sites excluding steroid dienone is 2. The van der Waals surface area contributed by atoms with Crippen LogP contribution < -0.4 is 16.4 Å². The van der Waals surface area contributed by atoms with Gasteiger partial charge in [0.2, 0.25) is 11.8 Å². The van der Waals surface area contributed by atoms with Gasteiger partial charge in [-0.3, -0.25) is 19.2 Å². The molecule has 0 aliphatic rings. The van der Waals surface area contributed by atoms with Crippen molar-refractivity contribution >= 4 is 35.4 Å². The molecule has 0 saturated carbocycles. The molecule has 0 bridgehead atoms. The summed E-state index contributed by atoms with van der Waals surface area (Å²) in [5.74, 6) is -1.79. The number of aromatic hydroxyl groups is 1. The third-order valence-corrected chi connectivity index (χ3v) is 5.67. The third kappa shape index (κ3) is 10.3. The summed E-state index contributed by atoms with van der Waals surface area (Å²) in [4.78, 5) is 47.6. The third-order valence-electron chi connectivity index (χ3n) is 5.67. The van der Waals surface area contributed by atoms with Gasteiger partial charge in [-0.25, -0.2) is 0 Å². The van der Waals surface area contributed by atoms with E-state index >= 15 is 0 Å². The maximum absolute atomic E-state index is 12.6. The first-order chi connectivity index (χ1) is 19.0. The molecular weight excluding hydrogens is 506 g/mol. The van der Waals surface area contributed by atoms with Gasteiger partial charge in [-0.2, -0.15) is 0 Å². The molecule has 0 spiro atoms. The van der Waals surface area contributed by atoms with Gasteiger partial charge >= 0.3 is 0 Å². The van der Waals surface area contributed by atoms with Crippen molar-refractivity contribution in [2.75, 3.05) is 10.6 Å². The van der Waals surface area contributed by atoms with Crippen LogP contribution in [0.15, 0.2) is 115 Å². The van der Waals surface area contributed by atoms with E-state index in [4.69, 9.17) is 10.8 Å². The smallest absolute Gasteiger partial charge is 0.255 e. The molecule has 8 nitrogen and oxygen atoms in total. The molecule has 0 heterocycles. The number of para-hydroxylation sites is 1. The molecule has 3 aromatic carbocycles. The second-order valence-electron chi connectivity index (χ2n) is 9.01. The maximum Gasteiger partial charge on any atom is 0.255 e. The Kier molecular flexibility index (Phi) is 11.8. The number of nitrogens with one attached hydrogen (secondary N) is 2. The van der Waals surface area contributed by atoms with Crippen molar-refractivity contribution in [1.29, 1.82) is 0 Å². The van der Waals surface area contributed by atoms with E-state index in [0.29, 0.717) is 34.5 Å². The predicted molar refractivity (Wildman–Crippen MR) is 158 cm³/mol. The summed E-state index contributed by atoms with van der Waals surface area (Å²) in [5, 5.41) is 14.2. The van der Waals surface area contributed by atoms with Crippen LogP contribution in [-0.4, -0.2) is 29.1 Å². The lowest BCUT2D eigenvalue weighted by Gasteiger charge is -2.13. The van der Waals surface area contributed by atoms with Gasteiger partial charge in [-0.1, -0.05) is 60.7 Å². The van der Waals surface area contributed by atoms with E-state index in [-0.39, 0.29) is 23.5 Å². The number of primary amides is 1. The van der Waals surface area contributed by atoms with E-state index in [1.54, 1.807) is 55.5 Å². The largest absolute Gasteiger partial charge is 0.508 e. The molecule has 1 atom stereocenters. The Morgan fingerprint density at radius 2 is 1.45 bits per heavy atom. The SMILES string of the molecule is C=C(/C=C(/C=O)C(C)C(=O)Nc1ccc(C(=O)Nc2ccc(C)cc2)cc1)CC(=C)C(N)=O.Oc1ccccc1. The molecule has 3 aromatic rings. The van der Waals surface area contributed by atoms with E-state index in [2.05, 4.69) is 23.8 Å². The van der Waals surface area contributed by atoms with Crippen LogP contribution in [0.1, 0.15) is 29.3 Å². The topological polar surface area (TPSA) is 139 Å². The van der Waals surface area contributed by atoms with E-state index < -0.39 is 17.7 Å². The van der Waals surface area contributed by atoms with Crippen molar-refractivity contribution in [2.45, 2.75) is 20.3 Å². The molecule has 0 aliphatic carbocycles. The highest BCUT2D eigenvalue weighted by Crippen LogP contribution is 2.18. The number of aryl methyl sites for hydroxylation is 1. The Morgan fingerprint density at radius 1 is 0.900 bits per heavy atom. The minimum Gasteiger partial charge on any atom is -0.508 e. The lowest BCUT2D eigenvalue weighted by Crippen LogP contribution is -2.23. The number of carbonyl (C=O) groups excluding carboxylic acids is 4. The number of anilines is 2. The number of amides is 3. The first kappa shape index (κ1) is 31.0. The highest BCUT2D eigenvalue weighted by atomic mass is 16.3. The fourth-order valence-corrected chi connectivity index (χ4v) is 3.28. The van der Waals surface area contributed by atoms with Crippen molar-refractivity contribution in [1.82, 2.24) is 0 Å². The van der Waals surface area contributed by atoms with Gasteiger partial charge in [-0.15, -0.1) is 0 Å². The van der Waals surface area contributed by atoms with Crippen LogP contribution in [0.25, 0.3) is 0 Å². The van der Waals surface area contributed by atoms with Gasteiger partial charge in [0, 0.05) is 34.5 Å². The number of rotatable bonds is 10. The van der Waals surface area contributed by atoms with Crippen LogP contribution in [-0.2, 0) is 14.4 Å². The number of nitrogens with two attached hydrogens (primary N) is 1. The number of hydrogen-bond donors (Lipinski definition) is 4. The second-order valence-corrected chi connectivity index (χ2v) is 9.01. The summed E-state index contributed by atoms with van der Waals surface area (Å²) < 4.78 is 0. The average molecular weight is 540 g/mol. The summed E-state index contributed by atoms with van der Waals surface area (Å²) >= 11 is 0. The lowest BCUT2D eigenvalue weighted by molar-refractivity contribution is -0.119. The van der Waals surface area contributed by atoms with E-state index in [9.17, 15) is 19.2 Å². The molecule has 3 amide bonds. The zero-order valence-electron chi connectivity index (χ0n) is 22.5. The van der Waals surface area contributed by atoms with Crippen molar-refractivity contribution in [3.63, 3.8) is 0 Å². The summed E-state index contributed by atoms with van der Waals surface area (Å²) in [6, 6.07) is 22.6. The highest BCUT2D eigenvalue weighted by Gasteiger charge is 2.18. The summed E-state index contributed by atoms with van der Waals surface area (Å²) in [6.45, 7) is 10.9. The molecule has 0 fully saturated rings. The minimum absolute atomic E-state index is 0.104. The first-order valence-corrected chi connectivity index (χ1v) is 12.3. The number of benzene rings is 3. The molecule has 0 aliphatic heterocycles. The van der Waals surface area contributed by atoms with E-state index in [1.165, 1.54) is 6.08 Å². The van der Waals surface area contributed by atoms with Crippen molar-refractivity contribution in [3.8, 4) is 5.75 Å². The van der Waals surface area contributed by atoms with Gasteiger partial charge in [0.25, 0.3) is 5.91 Å². The van der Waals surface area contributed by atoms with Gasteiger partial charge in [0.1, 0.15) is 12.0 Å². The van der Waals surface area contributed by atoms with Crippen LogP contribution >= 0.6 is 0 Å². The molecule has 3 rings (SSSR count). The zero-order valence-corrected chi connectivity index (χ0v) is 22.5. The van der Waals surface area contributed by atoms with Crippen molar-refractivity contribution in [2.24, 2.45) is 11.7 Å². The van der Waals surface area contributed by atoms with Crippen molar-refractivity contribution in [3.05, 3.63) is 126 Å². The number of phenolic OH excluding ortho intramolecular Hbond substituents is 1. The fourth-order valence-electron chi connectivity index (χ4n) is 3.28. The minimum atomic E-state index is -0.773. The van der Waals surface area contributed by atoms with Gasteiger partial charge in [0.05, 0.1) is 5.92 Å². The lowest BCUT2D eigenvalue weighted by atomic mass is 9.97.